The maximum Gasteiger partial charge on any atom is 0.241 e. The highest BCUT2D eigenvalue weighted by atomic mass is 16.5. The average molecular weight is 313 g/mol. The second-order valence-electron chi connectivity index (χ2n) is 4.40. The lowest BCUT2D eigenvalue weighted by molar-refractivity contribution is -0.122. The fraction of sp³-hybridized carbons (Fsp3) is 0.714. The van der Waals surface area contributed by atoms with Crippen LogP contribution in [0.5, 0.6) is 0 Å². The first-order chi connectivity index (χ1) is 10.8. The summed E-state index contributed by atoms with van der Waals surface area (Å²) in [6, 6.07) is 0. The van der Waals surface area contributed by atoms with E-state index < -0.39 is 0 Å². The van der Waals surface area contributed by atoms with Crippen molar-refractivity contribution in [2.75, 3.05) is 46.2 Å². The number of ether oxygens (including phenoxy) is 3. The van der Waals surface area contributed by atoms with E-state index in [-0.39, 0.29) is 12.5 Å². The molecule has 0 aromatic carbocycles. The summed E-state index contributed by atoms with van der Waals surface area (Å²) in [5.74, 6) is -0.121. The molecule has 0 spiro atoms. The van der Waals surface area contributed by atoms with Gasteiger partial charge >= 0.3 is 0 Å². The summed E-state index contributed by atoms with van der Waals surface area (Å²) in [5.41, 5.74) is 0.750. The number of hydrogen-bond donors (Lipinski definition) is 1. The van der Waals surface area contributed by atoms with E-state index in [0.29, 0.717) is 46.2 Å². The van der Waals surface area contributed by atoms with Crippen molar-refractivity contribution in [1.29, 1.82) is 0 Å². The molecule has 8 heteroatoms. The van der Waals surface area contributed by atoms with Crippen LogP contribution in [0.1, 0.15) is 19.5 Å². The molecule has 0 aliphatic carbocycles. The summed E-state index contributed by atoms with van der Waals surface area (Å²) < 4.78 is 17.3. The zero-order valence-corrected chi connectivity index (χ0v) is 13.3. The Morgan fingerprint density at radius 1 is 1.23 bits per heavy atom. The van der Waals surface area contributed by atoms with Gasteiger partial charge in [-0.1, -0.05) is 12.1 Å². The second kappa shape index (κ2) is 12.1. The molecule has 0 atom stereocenters. The molecule has 0 saturated carbocycles. The molecule has 0 aliphatic heterocycles. The fourth-order valence-electron chi connectivity index (χ4n) is 1.57. The van der Waals surface area contributed by atoms with Gasteiger partial charge < -0.3 is 19.5 Å². The van der Waals surface area contributed by atoms with Crippen molar-refractivity contribution in [3.8, 4) is 0 Å². The molecule has 1 radical (unpaired) electrons. The average Bonchev–Trinajstić information content (AvgIpc) is 2.96. The van der Waals surface area contributed by atoms with Crippen LogP contribution in [0, 0.1) is 6.42 Å². The Bertz CT molecular complexity index is 411. The zero-order chi connectivity index (χ0) is 16.0. The Morgan fingerprint density at radius 2 is 1.91 bits per heavy atom. The zero-order valence-electron chi connectivity index (χ0n) is 13.3. The minimum absolute atomic E-state index is 0.121. The van der Waals surface area contributed by atoms with Crippen molar-refractivity contribution in [3.05, 3.63) is 18.3 Å². The quantitative estimate of drug-likeness (QED) is 0.517. The molecule has 0 bridgehead atoms. The third-order valence-corrected chi connectivity index (χ3v) is 2.67. The van der Waals surface area contributed by atoms with E-state index in [9.17, 15) is 4.79 Å². The largest absolute Gasteiger partial charge is 0.379 e. The normalized spacial score (nSPS) is 10.8. The van der Waals surface area contributed by atoms with E-state index in [1.54, 1.807) is 6.20 Å². The molecule has 0 fully saturated rings. The molecule has 1 rings (SSSR count). The van der Waals surface area contributed by atoms with Gasteiger partial charge in [-0.25, -0.2) is 4.68 Å². The van der Waals surface area contributed by atoms with Crippen LogP contribution < -0.4 is 5.32 Å². The van der Waals surface area contributed by atoms with Gasteiger partial charge in [0, 0.05) is 25.8 Å². The predicted octanol–water partition coefficient (Wildman–Crippen LogP) is 0.0363. The lowest BCUT2D eigenvalue weighted by Gasteiger charge is -2.07. The molecular formula is C14H25N4O4. The Kier molecular flexibility index (Phi) is 10.2. The molecule has 1 N–H and O–H groups in total. The smallest absolute Gasteiger partial charge is 0.241 e. The van der Waals surface area contributed by atoms with Crippen molar-refractivity contribution in [3.63, 3.8) is 0 Å². The Labute approximate surface area is 131 Å². The summed E-state index contributed by atoms with van der Waals surface area (Å²) >= 11 is 0. The first-order valence-corrected chi connectivity index (χ1v) is 7.45. The number of nitrogens with zero attached hydrogens (tertiary/aromatic N) is 3. The molecule has 0 saturated heterocycles. The van der Waals surface area contributed by atoms with Crippen molar-refractivity contribution in [1.82, 2.24) is 20.3 Å². The topological polar surface area (TPSA) is 87.5 Å². The summed E-state index contributed by atoms with van der Waals surface area (Å²) in [5, 5.41) is 10.5. The number of hydrogen-bond acceptors (Lipinski definition) is 6. The molecule has 0 aliphatic rings. The van der Waals surface area contributed by atoms with Crippen LogP contribution in [-0.2, 0) is 25.5 Å². The van der Waals surface area contributed by atoms with Crippen LogP contribution in [-0.4, -0.2) is 67.1 Å². The highest BCUT2D eigenvalue weighted by Crippen LogP contribution is 1.94. The summed E-state index contributed by atoms with van der Waals surface area (Å²) in [6.45, 7) is 7.78. The van der Waals surface area contributed by atoms with Crippen LogP contribution in [0.15, 0.2) is 6.20 Å². The minimum Gasteiger partial charge on any atom is -0.379 e. The van der Waals surface area contributed by atoms with Gasteiger partial charge in [-0.05, 0) is 6.92 Å². The van der Waals surface area contributed by atoms with Gasteiger partial charge in [0.05, 0.1) is 38.7 Å². The van der Waals surface area contributed by atoms with E-state index in [1.165, 1.54) is 4.68 Å². The predicted molar refractivity (Wildman–Crippen MR) is 80.2 cm³/mol. The molecule has 1 aromatic heterocycles. The van der Waals surface area contributed by atoms with Gasteiger partial charge in [-0.2, -0.15) is 0 Å². The molecule has 1 aromatic rings. The SMILES string of the molecule is C[CH]c1cn(CC(=O)NCCOCCOCCOCC)nn1. The maximum atomic E-state index is 11.6. The third-order valence-electron chi connectivity index (χ3n) is 2.67. The van der Waals surface area contributed by atoms with Crippen LogP contribution in [0.3, 0.4) is 0 Å². The first-order valence-electron chi connectivity index (χ1n) is 7.45. The van der Waals surface area contributed by atoms with E-state index >= 15 is 0 Å². The minimum atomic E-state index is -0.121. The van der Waals surface area contributed by atoms with Gasteiger partial charge in [0.15, 0.2) is 0 Å². The number of carbonyl (C=O) groups excluding carboxylic acids is 1. The van der Waals surface area contributed by atoms with E-state index in [0.717, 1.165) is 5.69 Å². The van der Waals surface area contributed by atoms with Gasteiger partial charge in [0.2, 0.25) is 5.91 Å². The Balaban J connectivity index is 1.92. The van der Waals surface area contributed by atoms with Crippen LogP contribution in [0.4, 0.5) is 0 Å². The van der Waals surface area contributed by atoms with Crippen LogP contribution >= 0.6 is 0 Å². The number of carbonyl (C=O) groups is 1. The van der Waals surface area contributed by atoms with E-state index in [4.69, 9.17) is 14.2 Å². The monoisotopic (exact) mass is 313 g/mol. The molecule has 125 valence electrons. The summed E-state index contributed by atoms with van der Waals surface area (Å²) in [4.78, 5) is 11.6. The number of aromatic nitrogens is 3. The van der Waals surface area contributed by atoms with Crippen LogP contribution in [0.2, 0.25) is 0 Å². The molecule has 8 nitrogen and oxygen atoms in total. The summed E-state index contributed by atoms with van der Waals surface area (Å²) in [7, 11) is 0. The highest BCUT2D eigenvalue weighted by molar-refractivity contribution is 5.75. The molecule has 1 amide bonds. The van der Waals surface area contributed by atoms with Crippen molar-refractivity contribution in [2.24, 2.45) is 0 Å². The van der Waals surface area contributed by atoms with Gasteiger partial charge in [0.25, 0.3) is 0 Å². The number of rotatable bonds is 13. The summed E-state index contributed by atoms with van der Waals surface area (Å²) in [6.07, 6.45) is 3.54. The molecular weight excluding hydrogens is 288 g/mol. The van der Waals surface area contributed by atoms with Gasteiger partial charge in [-0.15, -0.1) is 5.10 Å². The lowest BCUT2D eigenvalue weighted by atomic mass is 10.4. The van der Waals surface area contributed by atoms with Crippen molar-refractivity contribution >= 4 is 5.91 Å². The van der Waals surface area contributed by atoms with Crippen molar-refractivity contribution in [2.45, 2.75) is 20.4 Å². The van der Waals surface area contributed by atoms with E-state index in [1.807, 2.05) is 20.3 Å². The third kappa shape index (κ3) is 8.71. The van der Waals surface area contributed by atoms with Gasteiger partial charge in [0.1, 0.15) is 6.54 Å². The number of amides is 1. The van der Waals surface area contributed by atoms with Crippen LogP contribution in [0.25, 0.3) is 0 Å². The Hall–Kier alpha value is -1.51. The maximum absolute atomic E-state index is 11.6. The van der Waals surface area contributed by atoms with E-state index in [2.05, 4.69) is 15.6 Å². The first kappa shape index (κ1) is 18.5. The van der Waals surface area contributed by atoms with Gasteiger partial charge in [-0.3, -0.25) is 4.79 Å². The molecule has 0 unspecified atom stereocenters. The van der Waals surface area contributed by atoms with Crippen molar-refractivity contribution < 1.29 is 19.0 Å². The number of nitrogens with one attached hydrogen (secondary N) is 1. The second-order valence-corrected chi connectivity index (χ2v) is 4.40. The highest BCUT2D eigenvalue weighted by Gasteiger charge is 2.04. The lowest BCUT2D eigenvalue weighted by Crippen LogP contribution is -2.31. The standard InChI is InChI=1S/C14H25N4O4/c1-3-13-11-18(17-16-13)12-14(19)15-5-6-21-9-10-22-8-7-20-4-2/h3,11H,4-10,12H2,1-2H3,(H,15,19). The molecule has 22 heavy (non-hydrogen) atoms. The Morgan fingerprint density at radius 3 is 2.55 bits per heavy atom. The molecule has 1 heterocycles. The fourth-order valence-corrected chi connectivity index (χ4v) is 1.57.